The summed E-state index contributed by atoms with van der Waals surface area (Å²) < 4.78 is 11.8. The minimum absolute atomic E-state index is 0.0494. The first-order valence-electron chi connectivity index (χ1n) is 11.7. The maximum Gasteiger partial charge on any atom is 0.408 e. The Morgan fingerprint density at radius 1 is 0.838 bits per heavy atom. The number of hydrogen-bond acceptors (Lipinski definition) is 5. The van der Waals surface area contributed by atoms with Gasteiger partial charge in [-0.1, -0.05) is 113 Å². The topological polar surface area (TPSA) is 76.7 Å². The number of benzene rings is 4. The molecule has 37 heavy (non-hydrogen) atoms. The summed E-state index contributed by atoms with van der Waals surface area (Å²) in [5.74, 6) is -0.647. The van der Waals surface area contributed by atoms with Crippen molar-refractivity contribution >= 4 is 33.7 Å². The maximum atomic E-state index is 13.8. The van der Waals surface area contributed by atoms with Crippen LogP contribution in [0.4, 0.5) is 10.5 Å². The van der Waals surface area contributed by atoms with Crippen LogP contribution in [0.5, 0.6) is 0 Å². The van der Waals surface area contributed by atoms with E-state index in [1.54, 1.807) is 12.1 Å². The minimum atomic E-state index is -1.67. The van der Waals surface area contributed by atoms with Crippen molar-refractivity contribution in [3.63, 3.8) is 0 Å². The minimum Gasteiger partial charge on any atom is -0.467 e. The molecule has 188 valence electrons. The molecule has 0 spiro atoms. The second-order valence-electron chi connectivity index (χ2n) is 8.35. The molecule has 0 saturated carbocycles. The van der Waals surface area contributed by atoms with Crippen molar-refractivity contribution < 1.29 is 19.1 Å². The second-order valence-corrected chi connectivity index (χ2v) is 9.27. The Labute approximate surface area is 224 Å². The number of nitrogens with one attached hydrogen (secondary N) is 2. The average molecular weight is 559 g/mol. The molecule has 6 nitrogen and oxygen atoms in total. The third-order valence-corrected chi connectivity index (χ3v) is 6.44. The fourth-order valence-corrected chi connectivity index (χ4v) is 4.61. The number of hydrogen-bond donors (Lipinski definition) is 2. The van der Waals surface area contributed by atoms with Gasteiger partial charge in [0.05, 0.1) is 13.2 Å². The summed E-state index contributed by atoms with van der Waals surface area (Å²) >= 11 is 3.51. The molecule has 0 fully saturated rings. The van der Waals surface area contributed by atoms with Crippen LogP contribution in [-0.4, -0.2) is 19.2 Å². The number of amides is 1. The van der Waals surface area contributed by atoms with Crippen LogP contribution in [0.3, 0.4) is 0 Å². The Morgan fingerprint density at radius 3 is 2.08 bits per heavy atom. The van der Waals surface area contributed by atoms with Gasteiger partial charge in [0.15, 0.2) is 5.54 Å². The van der Waals surface area contributed by atoms with Crippen LogP contribution in [0.15, 0.2) is 120 Å². The molecule has 0 saturated heterocycles. The number of ether oxygens (including phenoxy) is 2. The Bertz CT molecular complexity index is 1320. The van der Waals surface area contributed by atoms with E-state index in [0.717, 1.165) is 21.3 Å². The molecule has 0 heterocycles. The van der Waals surface area contributed by atoms with Crippen molar-refractivity contribution in [2.45, 2.75) is 18.2 Å². The second kappa shape index (κ2) is 12.2. The molecular weight excluding hydrogens is 532 g/mol. The average Bonchev–Trinajstić information content (AvgIpc) is 2.95. The number of halogens is 1. The molecule has 0 unspecified atom stereocenters. The number of alkyl carbamates (subject to hydrolysis) is 1. The first kappa shape index (κ1) is 26.0. The number of methoxy groups -OCH3 is 1. The van der Waals surface area contributed by atoms with Gasteiger partial charge in [-0.3, -0.25) is 5.32 Å². The summed E-state index contributed by atoms with van der Waals surface area (Å²) in [6, 6.07) is 34.7. The molecule has 2 atom stereocenters. The van der Waals surface area contributed by atoms with Gasteiger partial charge in [0, 0.05) is 10.2 Å². The number of esters is 1. The van der Waals surface area contributed by atoms with E-state index in [2.05, 4.69) is 26.6 Å². The van der Waals surface area contributed by atoms with E-state index >= 15 is 0 Å². The van der Waals surface area contributed by atoms with E-state index in [1.807, 2.05) is 103 Å². The van der Waals surface area contributed by atoms with Gasteiger partial charge in [0.1, 0.15) is 6.61 Å². The lowest BCUT2D eigenvalue weighted by Gasteiger charge is -2.40. The van der Waals surface area contributed by atoms with E-state index in [1.165, 1.54) is 7.11 Å². The molecule has 4 aromatic rings. The first-order valence-corrected chi connectivity index (χ1v) is 12.5. The monoisotopic (exact) mass is 558 g/mol. The largest absolute Gasteiger partial charge is 0.467 e. The molecule has 7 heteroatoms. The number of carbonyl (C=O) groups excluding carboxylic acids is 2. The fraction of sp³-hybridized carbons (Fsp3) is 0.133. The molecule has 0 aromatic heterocycles. The highest BCUT2D eigenvalue weighted by atomic mass is 79.9. The van der Waals surface area contributed by atoms with Crippen molar-refractivity contribution in [3.05, 3.63) is 136 Å². The van der Waals surface area contributed by atoms with Crippen LogP contribution < -0.4 is 10.6 Å². The zero-order valence-electron chi connectivity index (χ0n) is 20.3. The van der Waals surface area contributed by atoms with Gasteiger partial charge in [0.2, 0.25) is 0 Å². The van der Waals surface area contributed by atoms with Gasteiger partial charge in [0.25, 0.3) is 0 Å². The van der Waals surface area contributed by atoms with Crippen LogP contribution in [0, 0.1) is 0 Å². The molecule has 0 aliphatic heterocycles. The van der Waals surface area contributed by atoms with E-state index < -0.39 is 23.6 Å². The van der Waals surface area contributed by atoms with Crippen LogP contribution >= 0.6 is 15.9 Å². The van der Waals surface area contributed by atoms with Crippen molar-refractivity contribution in [3.8, 4) is 0 Å². The lowest BCUT2D eigenvalue weighted by atomic mass is 9.78. The smallest absolute Gasteiger partial charge is 0.408 e. The molecule has 0 aliphatic carbocycles. The number of carbonyl (C=O) groups is 2. The molecule has 2 N–H and O–H groups in total. The first-order chi connectivity index (χ1) is 18.0. The van der Waals surface area contributed by atoms with Crippen LogP contribution in [0.25, 0.3) is 0 Å². The summed E-state index contributed by atoms with van der Waals surface area (Å²) in [6.45, 7) is 0.0494. The normalized spacial score (nSPS) is 13.0. The van der Waals surface area contributed by atoms with Crippen molar-refractivity contribution in [1.82, 2.24) is 5.32 Å². The SMILES string of the molecule is COC(=O)[C@@](NC(=O)OCc1ccccc1)(c1ccccc1)[C@H](Nc1cccc(Br)c1)c1ccccc1. The third kappa shape index (κ3) is 6.19. The highest BCUT2D eigenvalue weighted by Crippen LogP contribution is 2.39. The van der Waals surface area contributed by atoms with Crippen molar-refractivity contribution in [2.75, 3.05) is 12.4 Å². The third-order valence-electron chi connectivity index (χ3n) is 5.95. The van der Waals surface area contributed by atoms with Gasteiger partial charge in [-0.05, 0) is 34.9 Å². The zero-order chi connectivity index (χ0) is 26.1. The molecule has 0 bridgehead atoms. The Morgan fingerprint density at radius 2 is 1.46 bits per heavy atom. The van der Waals surface area contributed by atoms with Crippen LogP contribution in [0.1, 0.15) is 22.7 Å². The van der Waals surface area contributed by atoms with Gasteiger partial charge in [-0.15, -0.1) is 0 Å². The molecule has 1 amide bonds. The van der Waals surface area contributed by atoms with Gasteiger partial charge in [-0.2, -0.15) is 0 Å². The predicted octanol–water partition coefficient (Wildman–Crippen LogP) is 6.60. The van der Waals surface area contributed by atoms with Crippen LogP contribution in [-0.2, 0) is 26.4 Å². The summed E-state index contributed by atoms with van der Waals surface area (Å²) in [5.41, 5.74) is 1.20. The summed E-state index contributed by atoms with van der Waals surface area (Å²) in [6.07, 6.45) is -0.755. The standard InChI is InChI=1S/C30H27BrN2O4/c1-36-28(34)30(24-16-9-4-10-17-24,33-29(35)37-21-22-12-5-2-6-13-22)27(23-14-7-3-8-15-23)32-26-19-11-18-25(31)20-26/h2-20,27,32H,21H2,1H3,(H,33,35)/t27-,30-/m1/s1. The fourth-order valence-electron chi connectivity index (χ4n) is 4.21. The zero-order valence-corrected chi connectivity index (χ0v) is 21.9. The van der Waals surface area contributed by atoms with E-state index in [4.69, 9.17) is 9.47 Å². The lowest BCUT2D eigenvalue weighted by molar-refractivity contribution is -0.150. The molecular formula is C30H27BrN2O4. The van der Waals surface area contributed by atoms with Crippen LogP contribution in [0.2, 0.25) is 0 Å². The molecule has 4 rings (SSSR count). The molecule has 0 radical (unpaired) electrons. The van der Waals surface area contributed by atoms with E-state index in [9.17, 15) is 9.59 Å². The Kier molecular flexibility index (Phi) is 8.59. The highest BCUT2D eigenvalue weighted by molar-refractivity contribution is 9.10. The van der Waals surface area contributed by atoms with Gasteiger partial charge >= 0.3 is 12.1 Å². The Balaban J connectivity index is 1.82. The lowest BCUT2D eigenvalue weighted by Crippen LogP contribution is -2.58. The predicted molar refractivity (Wildman–Crippen MR) is 147 cm³/mol. The highest BCUT2D eigenvalue weighted by Gasteiger charge is 2.51. The summed E-state index contributed by atoms with van der Waals surface area (Å²) in [4.78, 5) is 27.1. The summed E-state index contributed by atoms with van der Waals surface area (Å²) in [5, 5.41) is 6.36. The molecule has 0 aliphatic rings. The van der Waals surface area contributed by atoms with E-state index in [0.29, 0.717) is 5.56 Å². The van der Waals surface area contributed by atoms with E-state index in [-0.39, 0.29) is 6.61 Å². The maximum absolute atomic E-state index is 13.8. The molecule has 4 aromatic carbocycles. The summed E-state index contributed by atoms with van der Waals surface area (Å²) in [7, 11) is 1.30. The number of rotatable bonds is 9. The van der Waals surface area contributed by atoms with Gasteiger partial charge < -0.3 is 14.8 Å². The Hall–Kier alpha value is -4.10. The quantitative estimate of drug-likeness (QED) is 0.226. The number of anilines is 1. The van der Waals surface area contributed by atoms with Crippen molar-refractivity contribution in [2.24, 2.45) is 0 Å². The van der Waals surface area contributed by atoms with Gasteiger partial charge in [-0.25, -0.2) is 9.59 Å². The van der Waals surface area contributed by atoms with Crippen molar-refractivity contribution in [1.29, 1.82) is 0 Å².